The molecule has 520 valence electrons. The predicted octanol–water partition coefficient (Wildman–Crippen LogP) is 11.5. The van der Waals surface area contributed by atoms with E-state index in [9.17, 15) is 24.3 Å². The summed E-state index contributed by atoms with van der Waals surface area (Å²) in [7, 11) is 0. The maximum Gasteiger partial charge on any atom is 0.338 e. The molecule has 20 heteroatoms. The van der Waals surface area contributed by atoms with Gasteiger partial charge < -0.3 is 76.2 Å². The molecule has 0 amide bonds. The van der Waals surface area contributed by atoms with E-state index in [0.29, 0.717) is 5.56 Å². The van der Waals surface area contributed by atoms with Gasteiger partial charge in [0.1, 0.15) is 74.3 Å². The summed E-state index contributed by atoms with van der Waals surface area (Å²) in [6.07, 6.45) is -22.3. The van der Waals surface area contributed by atoms with Crippen molar-refractivity contribution < 1.29 is 95.3 Å². The topological polar surface area (TPSA) is 227 Å². The van der Waals surface area contributed by atoms with Gasteiger partial charge in [0.15, 0.2) is 37.4 Å². The van der Waals surface area contributed by atoms with Crippen LogP contribution in [0.3, 0.4) is 0 Å². The lowest BCUT2D eigenvalue weighted by Crippen LogP contribution is -2.68. The van der Waals surface area contributed by atoms with Gasteiger partial charge in [0, 0.05) is 5.56 Å². The van der Waals surface area contributed by atoms with Crippen LogP contribution in [0.15, 0.2) is 273 Å². The fourth-order valence-electron chi connectivity index (χ4n) is 12.4. The van der Waals surface area contributed by atoms with Gasteiger partial charge >= 0.3 is 23.9 Å². The highest BCUT2D eigenvalue weighted by atomic mass is 16.8. The van der Waals surface area contributed by atoms with Gasteiger partial charge in [0.25, 0.3) is 0 Å². The summed E-state index contributed by atoms with van der Waals surface area (Å²) in [6, 6.07) is 80.1. The van der Waals surface area contributed by atoms with E-state index >= 15 is 0 Å². The number of rotatable bonds is 27. The number of hydrogen-bond acceptors (Lipinski definition) is 20. The van der Waals surface area contributed by atoms with Crippen molar-refractivity contribution in [2.24, 2.45) is 0 Å². The molecule has 0 bridgehead atoms. The first-order chi connectivity index (χ1) is 49.6. The lowest BCUT2D eigenvalue weighted by molar-refractivity contribution is -0.403. The molecule has 0 aromatic heterocycles. The van der Waals surface area contributed by atoms with Crippen molar-refractivity contribution in [1.29, 1.82) is 0 Å². The number of esters is 4. The minimum absolute atomic E-state index is 0.0159. The number of carbonyl (C=O) groups is 4. The van der Waals surface area contributed by atoms with E-state index in [-0.39, 0.29) is 55.3 Å². The molecule has 4 fully saturated rings. The summed E-state index contributed by atoms with van der Waals surface area (Å²) in [5.74, 6) is -3.31. The number of aliphatic hydroxyl groups is 1. The lowest BCUT2D eigenvalue weighted by Gasteiger charge is -2.52. The van der Waals surface area contributed by atoms with Gasteiger partial charge in [-0.05, 0) is 70.8 Å². The number of carbonyl (C=O) groups excluding carboxylic acids is 4. The van der Waals surface area contributed by atoms with Gasteiger partial charge in [-0.3, -0.25) is 0 Å². The Kier molecular flexibility index (Phi) is 24.0. The van der Waals surface area contributed by atoms with Crippen LogP contribution < -0.4 is 0 Å². The molecule has 0 aliphatic carbocycles. The smallest absolute Gasteiger partial charge is 0.338 e. The van der Waals surface area contributed by atoms with Crippen LogP contribution in [0.25, 0.3) is 0 Å². The van der Waals surface area contributed by atoms with Crippen LogP contribution in [-0.4, -0.2) is 141 Å². The highest BCUT2D eigenvalue weighted by Crippen LogP contribution is 2.42. The second-order valence-electron chi connectivity index (χ2n) is 24.5. The highest BCUT2D eigenvalue weighted by molar-refractivity contribution is 5.91. The normalized spacial score (nSPS) is 26.3. The van der Waals surface area contributed by atoms with Gasteiger partial charge in [-0.25, -0.2) is 19.2 Å². The van der Waals surface area contributed by atoms with E-state index in [0.717, 1.165) is 22.3 Å². The predicted molar refractivity (Wildman–Crippen MR) is 363 cm³/mol. The summed E-state index contributed by atoms with van der Waals surface area (Å²) in [5.41, 5.74) is 4.49. The van der Waals surface area contributed by atoms with Gasteiger partial charge in [-0.2, -0.15) is 0 Å². The third-order valence-corrected chi connectivity index (χ3v) is 17.6. The van der Waals surface area contributed by atoms with Crippen LogP contribution in [-0.2, 0) is 97.5 Å². The Morgan fingerprint density at radius 1 is 0.337 bits per heavy atom. The lowest BCUT2D eigenvalue weighted by atomic mass is 9.94. The first kappa shape index (κ1) is 69.8. The van der Waals surface area contributed by atoms with E-state index in [2.05, 4.69) is 0 Å². The van der Waals surface area contributed by atoms with Crippen LogP contribution in [0.1, 0.15) is 75.5 Å². The average molecular weight is 1370 g/mol. The number of benzene rings is 9. The van der Waals surface area contributed by atoms with E-state index < -0.39 is 135 Å². The molecule has 0 radical (unpaired) electrons. The zero-order chi connectivity index (χ0) is 69.1. The van der Waals surface area contributed by atoms with Crippen molar-refractivity contribution in [3.8, 4) is 0 Å². The summed E-state index contributed by atoms with van der Waals surface area (Å²) < 4.78 is 102. The van der Waals surface area contributed by atoms with Gasteiger partial charge in [0.05, 0.1) is 55.3 Å². The molecule has 4 heterocycles. The Morgan fingerprint density at radius 2 is 0.683 bits per heavy atom. The molecule has 13 rings (SSSR count). The van der Waals surface area contributed by atoms with Crippen molar-refractivity contribution in [3.05, 3.63) is 323 Å². The third kappa shape index (κ3) is 18.1. The SMILES string of the molecule is O=C(OC[C@H]1OC(O)[C@H](OC(=O)c2ccccc2)[C@@H](O[C@@H]2O[C@H](COC(=O)c3ccccc3)[C@@H](O[C@@H]3O[C@@H]4COC(c5ccccc5)O[C@H]4[C@H](OCc4ccccc4)[C@@H]3OCc3ccccc3)[C@H](OCc3ccccc3)[C@@H]2OCc2ccccc2)[C@H]1OC(=O)c1ccccc1)c1ccccc1. The van der Waals surface area contributed by atoms with E-state index in [4.69, 9.17) is 71.1 Å². The Morgan fingerprint density at radius 3 is 1.13 bits per heavy atom. The fraction of sp³-hybridized carbons (Fsp3) is 0.284. The second-order valence-corrected chi connectivity index (χ2v) is 24.5. The van der Waals surface area contributed by atoms with Crippen LogP contribution in [0.5, 0.6) is 0 Å². The quantitative estimate of drug-likeness (QED) is 0.0373. The zero-order valence-electron chi connectivity index (χ0n) is 54.9. The summed E-state index contributed by atoms with van der Waals surface area (Å²) in [5, 5.41) is 12.4. The second kappa shape index (κ2) is 34.6. The van der Waals surface area contributed by atoms with Crippen LogP contribution in [0.2, 0.25) is 0 Å². The number of ether oxygens (including phenoxy) is 15. The average Bonchev–Trinajstić information content (AvgIpc) is 0.761. The molecule has 101 heavy (non-hydrogen) atoms. The Bertz CT molecular complexity index is 4020. The molecule has 4 aliphatic heterocycles. The molecule has 2 unspecified atom stereocenters. The zero-order valence-corrected chi connectivity index (χ0v) is 54.9. The molecular formula is C81H76O20. The molecule has 16 atom stereocenters. The first-order valence-corrected chi connectivity index (χ1v) is 33.5. The molecule has 4 aliphatic rings. The molecule has 9 aromatic rings. The number of aliphatic hydroxyl groups excluding tert-OH is 1. The number of fused-ring (bicyclic) bond motifs is 1. The maximum absolute atomic E-state index is 14.7. The molecule has 0 spiro atoms. The van der Waals surface area contributed by atoms with Crippen molar-refractivity contribution in [2.45, 2.75) is 125 Å². The molecule has 20 nitrogen and oxygen atoms in total. The van der Waals surface area contributed by atoms with E-state index in [1.807, 2.05) is 152 Å². The molecule has 9 aromatic carbocycles. The molecule has 4 saturated heterocycles. The Hall–Kier alpha value is -9.62. The molecule has 0 saturated carbocycles. The maximum atomic E-state index is 14.7. The summed E-state index contributed by atoms with van der Waals surface area (Å²) >= 11 is 0. The third-order valence-electron chi connectivity index (χ3n) is 17.6. The molecular weight excluding hydrogens is 1290 g/mol. The van der Waals surface area contributed by atoms with E-state index in [1.165, 1.54) is 24.3 Å². The minimum Gasteiger partial charge on any atom is -0.459 e. The van der Waals surface area contributed by atoms with Crippen molar-refractivity contribution in [3.63, 3.8) is 0 Å². The van der Waals surface area contributed by atoms with Crippen molar-refractivity contribution in [2.75, 3.05) is 19.8 Å². The first-order valence-electron chi connectivity index (χ1n) is 33.5. The number of hydrogen-bond donors (Lipinski definition) is 1. The Labute approximate surface area is 584 Å². The minimum atomic E-state index is -2.07. The molecule has 1 N–H and O–H groups in total. The van der Waals surface area contributed by atoms with E-state index in [1.54, 1.807) is 97.1 Å². The standard InChI is InChI=1S/C81H76O20/c82-74(57-36-18-5-19-37-57)91-50-62-67(97-76(84)59-40-22-7-23-41-59)70(71(78(86)94-62)98-77(85)60-42-24-8-25-43-60)101-81-73(90-49-56-34-16-4-17-35-56)69(88-47-54-30-12-2-13-31-54)66(63(95-81)51-92-75(83)58-38-20-6-21-39-58)100-80-72(89-48-55-32-14-3-15-33-55)68(87-46-53-28-10-1-11-29-53)65-64(96-80)52-93-79(99-65)61-44-26-9-27-45-61/h1-45,62-73,78-81,86H,46-52H2/t62-,63-,64-,65-,66-,67+,68+,69+,70+,71-,72+,73+,78?,79?,80+,81+/m1/s1. The van der Waals surface area contributed by atoms with Gasteiger partial charge in [-0.1, -0.05) is 224 Å². The van der Waals surface area contributed by atoms with Crippen LogP contribution in [0.4, 0.5) is 0 Å². The van der Waals surface area contributed by atoms with Gasteiger partial charge in [0.2, 0.25) is 0 Å². The van der Waals surface area contributed by atoms with Gasteiger partial charge in [-0.15, -0.1) is 0 Å². The monoisotopic (exact) mass is 1370 g/mol. The van der Waals surface area contributed by atoms with Crippen LogP contribution >= 0.6 is 0 Å². The van der Waals surface area contributed by atoms with Crippen LogP contribution in [0, 0.1) is 0 Å². The fourth-order valence-corrected chi connectivity index (χ4v) is 12.4. The largest absolute Gasteiger partial charge is 0.459 e. The Balaban J connectivity index is 0.938. The summed E-state index contributed by atoms with van der Waals surface area (Å²) in [6.45, 7) is -1.21. The highest BCUT2D eigenvalue weighted by Gasteiger charge is 2.59. The van der Waals surface area contributed by atoms with Crippen molar-refractivity contribution >= 4 is 23.9 Å². The summed E-state index contributed by atoms with van der Waals surface area (Å²) in [4.78, 5) is 57.4. The van der Waals surface area contributed by atoms with Crippen molar-refractivity contribution in [1.82, 2.24) is 0 Å².